The van der Waals surface area contributed by atoms with Gasteiger partial charge >= 0.3 is 0 Å². The zero-order valence-corrected chi connectivity index (χ0v) is 13.2. The van der Waals surface area contributed by atoms with E-state index in [9.17, 15) is 4.79 Å². The average molecular weight is 282 g/mol. The van der Waals surface area contributed by atoms with Gasteiger partial charge in [-0.25, -0.2) is 0 Å². The molecule has 3 N–H and O–H groups in total. The maximum atomic E-state index is 10.8. The van der Waals surface area contributed by atoms with Crippen LogP contribution in [0.1, 0.15) is 52.9 Å². The number of hydrogen-bond donors (Lipinski definition) is 3. The van der Waals surface area contributed by atoms with Crippen LogP contribution in [0.25, 0.3) is 0 Å². The summed E-state index contributed by atoms with van der Waals surface area (Å²) in [5.74, 6) is 0.863. The van der Waals surface area contributed by atoms with Gasteiger partial charge < -0.3 is 16.0 Å². The molecule has 1 saturated carbocycles. The third kappa shape index (κ3) is 5.80. The smallest absolute Gasteiger partial charge is 0.216 e. The van der Waals surface area contributed by atoms with Crippen LogP contribution in [0.5, 0.6) is 0 Å². The molecule has 0 bridgehead atoms. The van der Waals surface area contributed by atoms with Crippen molar-refractivity contribution in [2.24, 2.45) is 10.4 Å². The van der Waals surface area contributed by atoms with Gasteiger partial charge in [-0.15, -0.1) is 0 Å². The van der Waals surface area contributed by atoms with Gasteiger partial charge in [0.2, 0.25) is 5.91 Å². The number of carbonyl (C=O) groups is 1. The van der Waals surface area contributed by atoms with E-state index in [2.05, 4.69) is 29.8 Å². The molecular formula is C15H30N4O. The van der Waals surface area contributed by atoms with Crippen molar-refractivity contribution in [3.05, 3.63) is 0 Å². The highest BCUT2D eigenvalue weighted by molar-refractivity contribution is 5.79. The van der Waals surface area contributed by atoms with Gasteiger partial charge in [0, 0.05) is 33.1 Å². The Hall–Kier alpha value is -1.26. The Morgan fingerprint density at radius 1 is 1.10 bits per heavy atom. The molecule has 1 fully saturated rings. The molecule has 5 nitrogen and oxygen atoms in total. The monoisotopic (exact) mass is 282 g/mol. The lowest BCUT2D eigenvalue weighted by molar-refractivity contribution is -0.118. The third-order valence-electron chi connectivity index (χ3n) is 4.12. The molecule has 0 saturated heterocycles. The average Bonchev–Trinajstić information content (AvgIpc) is 2.90. The van der Waals surface area contributed by atoms with Crippen molar-refractivity contribution in [3.63, 3.8) is 0 Å². The SMILES string of the molecule is CCNC(=NCC1(CC)CCCC1)NCCNC(C)=O. The van der Waals surface area contributed by atoms with Gasteiger partial charge in [0.1, 0.15) is 0 Å². The molecule has 5 heteroatoms. The molecule has 0 heterocycles. The number of aliphatic imine (C=N–C) groups is 1. The fraction of sp³-hybridized carbons (Fsp3) is 0.867. The number of rotatable bonds is 7. The van der Waals surface area contributed by atoms with Crippen LogP contribution in [0.15, 0.2) is 4.99 Å². The Bertz CT molecular complexity index is 322. The van der Waals surface area contributed by atoms with E-state index in [4.69, 9.17) is 4.99 Å². The van der Waals surface area contributed by atoms with Crippen molar-refractivity contribution >= 4 is 11.9 Å². The molecule has 0 aromatic carbocycles. The zero-order valence-electron chi connectivity index (χ0n) is 13.2. The predicted octanol–water partition coefficient (Wildman–Crippen LogP) is 1.65. The standard InChI is InChI=1S/C15H30N4O/c1-4-15(8-6-7-9-15)12-19-14(16-5-2)18-11-10-17-13(3)20/h4-12H2,1-3H3,(H,17,20)(H2,16,18,19). The molecular weight excluding hydrogens is 252 g/mol. The van der Waals surface area contributed by atoms with Gasteiger partial charge in [0.05, 0.1) is 0 Å². The van der Waals surface area contributed by atoms with Crippen LogP contribution in [0.3, 0.4) is 0 Å². The first kappa shape index (κ1) is 16.8. The van der Waals surface area contributed by atoms with Gasteiger partial charge in [-0.2, -0.15) is 0 Å². The van der Waals surface area contributed by atoms with Gasteiger partial charge in [-0.1, -0.05) is 19.8 Å². The zero-order chi connectivity index (χ0) is 14.8. The van der Waals surface area contributed by atoms with E-state index in [0.29, 0.717) is 18.5 Å². The molecule has 0 radical (unpaired) electrons. The molecule has 0 unspecified atom stereocenters. The van der Waals surface area contributed by atoms with Crippen molar-refractivity contribution in [2.75, 3.05) is 26.2 Å². The Morgan fingerprint density at radius 2 is 1.75 bits per heavy atom. The van der Waals surface area contributed by atoms with Crippen molar-refractivity contribution < 1.29 is 4.79 Å². The molecule has 0 aromatic rings. The molecule has 1 aliphatic rings. The van der Waals surface area contributed by atoms with E-state index in [1.807, 2.05) is 0 Å². The van der Waals surface area contributed by atoms with Crippen LogP contribution in [-0.4, -0.2) is 38.0 Å². The van der Waals surface area contributed by atoms with E-state index < -0.39 is 0 Å². The molecule has 1 rings (SSSR count). The molecule has 0 aliphatic heterocycles. The van der Waals surface area contributed by atoms with Crippen LogP contribution in [0, 0.1) is 5.41 Å². The Kier molecular flexibility index (Phi) is 7.41. The van der Waals surface area contributed by atoms with E-state index in [1.54, 1.807) is 0 Å². The van der Waals surface area contributed by atoms with Gasteiger partial charge in [0.15, 0.2) is 5.96 Å². The molecule has 1 aliphatic carbocycles. The fourth-order valence-electron chi connectivity index (χ4n) is 2.76. The Labute approximate surface area is 123 Å². The molecule has 1 amide bonds. The van der Waals surface area contributed by atoms with Crippen LogP contribution in [0.2, 0.25) is 0 Å². The number of nitrogens with one attached hydrogen (secondary N) is 3. The molecule has 0 atom stereocenters. The predicted molar refractivity (Wildman–Crippen MR) is 83.9 cm³/mol. The highest BCUT2D eigenvalue weighted by Crippen LogP contribution is 2.41. The van der Waals surface area contributed by atoms with Crippen LogP contribution in [0.4, 0.5) is 0 Å². The summed E-state index contributed by atoms with van der Waals surface area (Å²) in [5.41, 5.74) is 0.417. The Morgan fingerprint density at radius 3 is 2.30 bits per heavy atom. The summed E-state index contributed by atoms with van der Waals surface area (Å²) >= 11 is 0. The summed E-state index contributed by atoms with van der Waals surface area (Å²) in [6, 6.07) is 0. The number of hydrogen-bond acceptors (Lipinski definition) is 2. The molecule has 0 spiro atoms. The highest BCUT2D eigenvalue weighted by atomic mass is 16.1. The number of carbonyl (C=O) groups excluding carboxylic acids is 1. The Balaban J connectivity index is 2.42. The number of amides is 1. The minimum Gasteiger partial charge on any atom is -0.357 e. The summed E-state index contributed by atoms with van der Waals surface area (Å²) < 4.78 is 0. The van der Waals surface area contributed by atoms with Gasteiger partial charge in [-0.05, 0) is 31.6 Å². The largest absolute Gasteiger partial charge is 0.357 e. The lowest BCUT2D eigenvalue weighted by atomic mass is 9.84. The summed E-state index contributed by atoms with van der Waals surface area (Å²) in [4.78, 5) is 15.5. The second-order valence-electron chi connectivity index (χ2n) is 5.67. The van der Waals surface area contributed by atoms with E-state index >= 15 is 0 Å². The minimum absolute atomic E-state index is 0.00429. The van der Waals surface area contributed by atoms with Crippen molar-refractivity contribution in [1.29, 1.82) is 0 Å². The second kappa shape index (κ2) is 8.82. The number of nitrogens with zero attached hydrogens (tertiary/aromatic N) is 1. The van der Waals surface area contributed by atoms with Crippen molar-refractivity contribution in [1.82, 2.24) is 16.0 Å². The minimum atomic E-state index is 0.00429. The first-order valence-corrected chi connectivity index (χ1v) is 7.88. The normalized spacial score (nSPS) is 17.9. The maximum Gasteiger partial charge on any atom is 0.216 e. The van der Waals surface area contributed by atoms with Gasteiger partial charge in [0.25, 0.3) is 0 Å². The summed E-state index contributed by atoms with van der Waals surface area (Å²) in [7, 11) is 0. The quantitative estimate of drug-likeness (QED) is 0.378. The maximum absolute atomic E-state index is 10.8. The lowest BCUT2D eigenvalue weighted by Gasteiger charge is -2.25. The fourth-order valence-corrected chi connectivity index (χ4v) is 2.76. The highest BCUT2D eigenvalue weighted by Gasteiger charge is 2.31. The second-order valence-corrected chi connectivity index (χ2v) is 5.67. The molecule has 0 aromatic heterocycles. The first-order valence-electron chi connectivity index (χ1n) is 7.88. The molecule has 116 valence electrons. The number of guanidine groups is 1. The van der Waals surface area contributed by atoms with E-state index in [0.717, 1.165) is 19.0 Å². The summed E-state index contributed by atoms with van der Waals surface area (Å²) in [6.07, 6.45) is 6.50. The van der Waals surface area contributed by atoms with Crippen LogP contribution in [-0.2, 0) is 4.79 Å². The molecule has 20 heavy (non-hydrogen) atoms. The van der Waals surface area contributed by atoms with Gasteiger partial charge in [-0.3, -0.25) is 9.79 Å². The van der Waals surface area contributed by atoms with Crippen LogP contribution < -0.4 is 16.0 Å². The third-order valence-corrected chi connectivity index (χ3v) is 4.12. The first-order chi connectivity index (χ1) is 9.62. The van der Waals surface area contributed by atoms with Crippen LogP contribution >= 0.6 is 0 Å². The van der Waals surface area contributed by atoms with E-state index in [-0.39, 0.29) is 5.91 Å². The summed E-state index contributed by atoms with van der Waals surface area (Å²) in [6.45, 7) is 8.95. The summed E-state index contributed by atoms with van der Waals surface area (Å²) in [5, 5.41) is 9.30. The van der Waals surface area contributed by atoms with Crippen molar-refractivity contribution in [2.45, 2.75) is 52.9 Å². The lowest BCUT2D eigenvalue weighted by Crippen LogP contribution is -2.41. The van der Waals surface area contributed by atoms with E-state index in [1.165, 1.54) is 39.0 Å². The van der Waals surface area contributed by atoms with Crippen molar-refractivity contribution in [3.8, 4) is 0 Å². The topological polar surface area (TPSA) is 65.5 Å².